The lowest BCUT2D eigenvalue weighted by Gasteiger charge is -2.34. The zero-order chi connectivity index (χ0) is 21.0. The van der Waals surface area contributed by atoms with Crippen molar-refractivity contribution in [3.8, 4) is 0 Å². The Kier molecular flexibility index (Phi) is 6.38. The van der Waals surface area contributed by atoms with Crippen LogP contribution in [-0.4, -0.2) is 49.0 Å². The van der Waals surface area contributed by atoms with Crippen molar-refractivity contribution >= 4 is 17.4 Å². The summed E-state index contributed by atoms with van der Waals surface area (Å²) in [5.41, 5.74) is 2.11. The molecule has 2 aromatic rings. The van der Waals surface area contributed by atoms with Gasteiger partial charge in [0.1, 0.15) is 5.82 Å². The molecule has 1 aromatic carbocycles. The molecule has 5 heteroatoms. The van der Waals surface area contributed by atoms with Crippen molar-refractivity contribution < 1.29 is 4.79 Å². The number of para-hydroxylation sites is 1. The first-order valence-electron chi connectivity index (χ1n) is 10.2. The molecule has 3 rings (SSSR count). The van der Waals surface area contributed by atoms with Crippen molar-refractivity contribution in [2.24, 2.45) is 5.41 Å². The van der Waals surface area contributed by atoms with Gasteiger partial charge in [0.05, 0.1) is 12.0 Å². The number of nitrogens with zero attached hydrogens (tertiary/aromatic N) is 4. The van der Waals surface area contributed by atoms with E-state index in [9.17, 15) is 4.79 Å². The van der Waals surface area contributed by atoms with Crippen LogP contribution in [0.2, 0.25) is 0 Å². The predicted molar refractivity (Wildman–Crippen MR) is 120 cm³/mol. The summed E-state index contributed by atoms with van der Waals surface area (Å²) in [5.74, 6) is 1.04. The van der Waals surface area contributed by atoms with Crippen LogP contribution in [0.1, 0.15) is 26.3 Å². The van der Waals surface area contributed by atoms with E-state index in [2.05, 4.69) is 40.5 Å². The van der Waals surface area contributed by atoms with Crippen molar-refractivity contribution in [2.45, 2.75) is 27.3 Å². The molecular weight excluding hydrogens is 360 g/mol. The zero-order valence-electron chi connectivity index (χ0n) is 18.1. The number of carbonyl (C=O) groups excluding carboxylic acids is 1. The first kappa shape index (κ1) is 21.1. The number of amides is 1. The molecule has 0 radical (unpaired) electrons. The third kappa shape index (κ3) is 4.85. The molecule has 1 aliphatic heterocycles. The summed E-state index contributed by atoms with van der Waals surface area (Å²) in [4.78, 5) is 24.5. The number of hydrogen-bond donors (Lipinski definition) is 0. The number of likely N-dealkylation sites (N-methyl/N-ethyl adjacent to an activating group) is 1. The Labute approximate surface area is 174 Å². The lowest BCUT2D eigenvalue weighted by molar-refractivity contribution is -0.125. The molecule has 1 fully saturated rings. The molecular formula is C24H32N4O. The van der Waals surface area contributed by atoms with E-state index in [-0.39, 0.29) is 5.91 Å². The van der Waals surface area contributed by atoms with Crippen LogP contribution in [0.3, 0.4) is 0 Å². The Morgan fingerprint density at radius 2 is 1.76 bits per heavy atom. The number of anilines is 2. The Morgan fingerprint density at radius 3 is 2.31 bits per heavy atom. The van der Waals surface area contributed by atoms with E-state index in [4.69, 9.17) is 0 Å². The normalized spacial score (nSPS) is 15.2. The van der Waals surface area contributed by atoms with Crippen LogP contribution in [0.4, 0.5) is 11.5 Å². The second kappa shape index (κ2) is 8.78. The van der Waals surface area contributed by atoms with Crippen LogP contribution < -0.4 is 9.80 Å². The average Bonchev–Trinajstić information content (AvgIpc) is 2.73. The Morgan fingerprint density at radius 1 is 1.10 bits per heavy atom. The topological polar surface area (TPSA) is 39.7 Å². The van der Waals surface area contributed by atoms with Gasteiger partial charge in [0, 0.05) is 38.1 Å². The number of piperazine rings is 1. The maximum absolute atomic E-state index is 13.4. The molecule has 0 aliphatic carbocycles. The van der Waals surface area contributed by atoms with Gasteiger partial charge in [-0.3, -0.25) is 4.79 Å². The van der Waals surface area contributed by atoms with Crippen molar-refractivity contribution in [1.29, 1.82) is 0 Å². The lowest BCUT2D eigenvalue weighted by atomic mass is 9.84. The van der Waals surface area contributed by atoms with Crippen LogP contribution in [0.15, 0.2) is 60.8 Å². The van der Waals surface area contributed by atoms with Gasteiger partial charge in [-0.15, -0.1) is 0 Å². The molecule has 0 spiro atoms. The number of benzene rings is 1. The molecule has 1 amide bonds. The van der Waals surface area contributed by atoms with Gasteiger partial charge in [0.25, 0.3) is 0 Å². The van der Waals surface area contributed by atoms with Gasteiger partial charge in [0.2, 0.25) is 5.91 Å². The predicted octanol–water partition coefficient (Wildman–Crippen LogP) is 3.97. The van der Waals surface area contributed by atoms with Crippen LogP contribution >= 0.6 is 0 Å². The van der Waals surface area contributed by atoms with E-state index in [1.807, 2.05) is 62.2 Å². The second-order valence-corrected chi connectivity index (χ2v) is 8.45. The molecule has 154 valence electrons. The van der Waals surface area contributed by atoms with Gasteiger partial charge in [-0.05, 0) is 51.6 Å². The van der Waals surface area contributed by atoms with Crippen LogP contribution in [0.5, 0.6) is 0 Å². The van der Waals surface area contributed by atoms with E-state index in [0.717, 1.165) is 48.8 Å². The summed E-state index contributed by atoms with van der Waals surface area (Å²) in [6, 6.07) is 14.0. The molecule has 0 bridgehead atoms. The van der Waals surface area contributed by atoms with E-state index < -0.39 is 5.41 Å². The maximum Gasteiger partial charge on any atom is 0.237 e. The van der Waals surface area contributed by atoms with E-state index in [1.165, 1.54) is 0 Å². The first-order valence-corrected chi connectivity index (χ1v) is 10.2. The minimum atomic E-state index is -0.636. The third-order valence-corrected chi connectivity index (χ3v) is 5.89. The van der Waals surface area contributed by atoms with Gasteiger partial charge in [-0.25, -0.2) is 4.98 Å². The molecule has 0 saturated carbocycles. The monoisotopic (exact) mass is 392 g/mol. The third-order valence-electron chi connectivity index (χ3n) is 5.89. The molecule has 0 atom stereocenters. The SMILES string of the molecule is C=C(C)C(C)(C)C(=O)N(Cc1ccc(N2CCN(C)CC2)nc1)c1ccccc1. The lowest BCUT2D eigenvalue weighted by Crippen LogP contribution is -2.44. The van der Waals surface area contributed by atoms with Crippen molar-refractivity contribution in [2.75, 3.05) is 43.0 Å². The zero-order valence-corrected chi connectivity index (χ0v) is 18.1. The maximum atomic E-state index is 13.4. The van der Waals surface area contributed by atoms with Crippen molar-refractivity contribution in [3.63, 3.8) is 0 Å². The highest BCUT2D eigenvalue weighted by Crippen LogP contribution is 2.31. The summed E-state index contributed by atoms with van der Waals surface area (Å²) >= 11 is 0. The number of aromatic nitrogens is 1. The highest BCUT2D eigenvalue weighted by Gasteiger charge is 2.33. The number of pyridine rings is 1. The van der Waals surface area contributed by atoms with Crippen LogP contribution in [0.25, 0.3) is 0 Å². The van der Waals surface area contributed by atoms with E-state index >= 15 is 0 Å². The largest absolute Gasteiger partial charge is 0.354 e. The molecule has 1 saturated heterocycles. The van der Waals surface area contributed by atoms with Crippen LogP contribution in [0, 0.1) is 5.41 Å². The molecule has 0 N–H and O–H groups in total. The number of carbonyl (C=O) groups is 1. The fraction of sp³-hybridized carbons (Fsp3) is 0.417. The average molecular weight is 393 g/mol. The minimum Gasteiger partial charge on any atom is -0.354 e. The fourth-order valence-corrected chi connectivity index (χ4v) is 3.32. The van der Waals surface area contributed by atoms with Gasteiger partial charge in [0.15, 0.2) is 0 Å². The fourth-order valence-electron chi connectivity index (χ4n) is 3.32. The highest BCUT2D eigenvalue weighted by molar-refractivity contribution is 5.98. The van der Waals surface area contributed by atoms with Crippen molar-refractivity contribution in [3.05, 3.63) is 66.4 Å². The molecule has 29 heavy (non-hydrogen) atoms. The van der Waals surface area contributed by atoms with Gasteiger partial charge < -0.3 is 14.7 Å². The first-order chi connectivity index (χ1) is 13.8. The molecule has 0 unspecified atom stereocenters. The van der Waals surface area contributed by atoms with Gasteiger partial charge in [-0.1, -0.05) is 36.4 Å². The molecule has 1 aliphatic rings. The van der Waals surface area contributed by atoms with Gasteiger partial charge >= 0.3 is 0 Å². The van der Waals surface area contributed by atoms with Gasteiger partial charge in [-0.2, -0.15) is 0 Å². The molecule has 1 aromatic heterocycles. The summed E-state index contributed by atoms with van der Waals surface area (Å²) < 4.78 is 0. The summed E-state index contributed by atoms with van der Waals surface area (Å²) in [6.07, 6.45) is 1.89. The molecule has 2 heterocycles. The Bertz CT molecular complexity index is 837. The molecule has 5 nitrogen and oxygen atoms in total. The highest BCUT2D eigenvalue weighted by atomic mass is 16.2. The Hall–Kier alpha value is -2.66. The standard InChI is InChI=1S/C24H32N4O/c1-19(2)24(3,4)23(29)28(21-9-7-6-8-10-21)18-20-11-12-22(25-17-20)27-15-13-26(5)14-16-27/h6-12,17H,1,13-16,18H2,2-5H3. The summed E-state index contributed by atoms with van der Waals surface area (Å²) in [7, 11) is 2.15. The van der Waals surface area contributed by atoms with Crippen LogP contribution in [-0.2, 0) is 11.3 Å². The minimum absolute atomic E-state index is 0.0411. The summed E-state index contributed by atoms with van der Waals surface area (Å²) in [6.45, 7) is 14.4. The number of hydrogen-bond acceptors (Lipinski definition) is 4. The van der Waals surface area contributed by atoms with E-state index in [1.54, 1.807) is 0 Å². The second-order valence-electron chi connectivity index (χ2n) is 8.45. The quantitative estimate of drug-likeness (QED) is 0.698. The van der Waals surface area contributed by atoms with Crippen molar-refractivity contribution in [1.82, 2.24) is 9.88 Å². The summed E-state index contributed by atoms with van der Waals surface area (Å²) in [5, 5.41) is 0. The smallest absolute Gasteiger partial charge is 0.237 e. The number of rotatable bonds is 6. The van der Waals surface area contributed by atoms with E-state index in [0.29, 0.717) is 6.54 Å². The Balaban J connectivity index is 1.81.